The molecule has 0 bridgehead atoms. The van der Waals surface area contributed by atoms with Crippen molar-refractivity contribution in [2.45, 2.75) is 0 Å². The fraction of sp³-hybridized carbons (Fsp3) is 0. The lowest BCUT2D eigenvalue weighted by Gasteiger charge is -1.99. The van der Waals surface area contributed by atoms with Crippen molar-refractivity contribution in [3.63, 3.8) is 0 Å². The lowest BCUT2D eigenvalue weighted by atomic mass is 10.2. The first kappa shape index (κ1) is 13.8. The molecule has 1 amide bonds. The van der Waals surface area contributed by atoms with Gasteiger partial charge in [-0.15, -0.1) is 0 Å². The molecule has 0 radical (unpaired) electrons. The number of fused-ring (bicyclic) bond motifs is 1. The summed E-state index contributed by atoms with van der Waals surface area (Å²) in [6, 6.07) is 15.3. The highest BCUT2D eigenvalue weighted by Crippen LogP contribution is 2.15. The molecule has 0 saturated heterocycles. The molecule has 0 fully saturated rings. The summed E-state index contributed by atoms with van der Waals surface area (Å²) in [6.07, 6.45) is 3.51. The van der Waals surface area contributed by atoms with Crippen LogP contribution in [0.3, 0.4) is 0 Å². The molecule has 0 saturated carbocycles. The van der Waals surface area contributed by atoms with Crippen LogP contribution in [0.2, 0.25) is 0 Å². The summed E-state index contributed by atoms with van der Waals surface area (Å²) in [4.78, 5) is 15.1. The second kappa shape index (κ2) is 6.09. The lowest BCUT2D eigenvalue weighted by Crippen LogP contribution is -2.17. The van der Waals surface area contributed by atoms with Gasteiger partial charge in [0.05, 0.1) is 6.21 Å². The monoisotopic (exact) mass is 389 g/mol. The molecular weight excluding hydrogens is 377 g/mol. The van der Waals surface area contributed by atoms with Crippen molar-refractivity contribution in [3.8, 4) is 0 Å². The fourth-order valence-corrected chi connectivity index (χ4v) is 2.39. The van der Waals surface area contributed by atoms with E-state index in [1.807, 2.05) is 42.6 Å². The van der Waals surface area contributed by atoms with Gasteiger partial charge in [0.15, 0.2) is 0 Å². The van der Waals surface area contributed by atoms with E-state index in [0.717, 1.165) is 20.0 Å². The molecule has 0 unspecified atom stereocenters. The van der Waals surface area contributed by atoms with Crippen LogP contribution in [0.1, 0.15) is 15.9 Å². The fourth-order valence-electron chi connectivity index (χ4n) is 2.03. The van der Waals surface area contributed by atoms with Crippen molar-refractivity contribution >= 4 is 45.6 Å². The zero-order valence-electron chi connectivity index (χ0n) is 11.0. The van der Waals surface area contributed by atoms with Gasteiger partial charge in [0.25, 0.3) is 5.91 Å². The van der Waals surface area contributed by atoms with Crippen molar-refractivity contribution in [3.05, 3.63) is 69.4 Å². The van der Waals surface area contributed by atoms with E-state index in [1.165, 1.54) is 0 Å². The van der Waals surface area contributed by atoms with Crippen LogP contribution in [0, 0.1) is 3.57 Å². The number of hydrogen-bond acceptors (Lipinski definition) is 2. The topological polar surface area (TPSA) is 57.2 Å². The predicted octanol–water partition coefficient (Wildman–Crippen LogP) is 3.54. The largest absolute Gasteiger partial charge is 0.361 e. The lowest BCUT2D eigenvalue weighted by molar-refractivity contribution is 0.0955. The minimum absolute atomic E-state index is 0.220. The maximum Gasteiger partial charge on any atom is 0.271 e. The summed E-state index contributed by atoms with van der Waals surface area (Å²) in [5, 5.41) is 5.09. The molecule has 104 valence electrons. The number of aromatic amines is 1. The predicted molar refractivity (Wildman–Crippen MR) is 92.5 cm³/mol. The highest BCUT2D eigenvalue weighted by molar-refractivity contribution is 14.1. The van der Waals surface area contributed by atoms with Gasteiger partial charge in [0.1, 0.15) is 0 Å². The van der Waals surface area contributed by atoms with Crippen LogP contribution in [-0.4, -0.2) is 17.1 Å². The molecule has 5 heteroatoms. The molecule has 3 rings (SSSR count). The van der Waals surface area contributed by atoms with Gasteiger partial charge < -0.3 is 4.98 Å². The molecule has 0 spiro atoms. The molecule has 0 aliphatic carbocycles. The quantitative estimate of drug-likeness (QED) is 0.402. The number of amides is 1. The molecule has 0 aliphatic heterocycles. The molecule has 1 heterocycles. The highest BCUT2D eigenvalue weighted by atomic mass is 127. The van der Waals surface area contributed by atoms with Crippen molar-refractivity contribution in [1.82, 2.24) is 10.4 Å². The van der Waals surface area contributed by atoms with Crippen LogP contribution in [-0.2, 0) is 0 Å². The zero-order chi connectivity index (χ0) is 14.7. The Hall–Kier alpha value is -2.15. The first-order valence-corrected chi connectivity index (χ1v) is 7.47. The third-order valence-corrected chi connectivity index (χ3v) is 3.82. The van der Waals surface area contributed by atoms with E-state index in [-0.39, 0.29) is 5.91 Å². The van der Waals surface area contributed by atoms with E-state index in [0.29, 0.717) is 5.56 Å². The number of hydrazone groups is 1. The number of halogens is 1. The highest BCUT2D eigenvalue weighted by Gasteiger charge is 2.03. The van der Waals surface area contributed by atoms with Crippen molar-refractivity contribution < 1.29 is 4.79 Å². The van der Waals surface area contributed by atoms with E-state index in [4.69, 9.17) is 0 Å². The molecule has 2 aromatic carbocycles. The van der Waals surface area contributed by atoms with E-state index in [9.17, 15) is 4.79 Å². The van der Waals surface area contributed by atoms with Crippen LogP contribution in [0.15, 0.2) is 59.8 Å². The van der Waals surface area contributed by atoms with Gasteiger partial charge in [-0.05, 0) is 52.9 Å². The van der Waals surface area contributed by atoms with Gasteiger partial charge in [0.2, 0.25) is 0 Å². The first-order valence-electron chi connectivity index (χ1n) is 6.39. The van der Waals surface area contributed by atoms with Gasteiger partial charge >= 0.3 is 0 Å². The molecule has 21 heavy (non-hydrogen) atoms. The maximum absolute atomic E-state index is 11.9. The number of para-hydroxylation sites is 1. The minimum Gasteiger partial charge on any atom is -0.361 e. The van der Waals surface area contributed by atoms with Gasteiger partial charge in [-0.3, -0.25) is 4.79 Å². The third-order valence-electron chi connectivity index (χ3n) is 3.10. The Labute approximate surface area is 135 Å². The number of rotatable bonds is 3. The number of carbonyl (C=O) groups excluding carboxylic acids is 1. The SMILES string of the molecule is O=C(N/N=C\c1c[nH]c2ccccc12)c1ccc(I)cc1. The number of carbonyl (C=O) groups is 1. The summed E-state index contributed by atoms with van der Waals surface area (Å²) < 4.78 is 1.09. The van der Waals surface area contributed by atoms with E-state index in [2.05, 4.69) is 38.1 Å². The van der Waals surface area contributed by atoms with Crippen LogP contribution in [0.4, 0.5) is 0 Å². The summed E-state index contributed by atoms with van der Waals surface area (Å²) in [6.45, 7) is 0. The summed E-state index contributed by atoms with van der Waals surface area (Å²) in [5.74, 6) is -0.220. The van der Waals surface area contributed by atoms with Crippen LogP contribution in [0.5, 0.6) is 0 Å². The Morgan fingerprint density at radius 1 is 1.14 bits per heavy atom. The average molecular weight is 389 g/mol. The maximum atomic E-state index is 11.9. The summed E-state index contributed by atoms with van der Waals surface area (Å²) in [7, 11) is 0. The Kier molecular flexibility index (Phi) is 4.01. The number of hydrogen-bond donors (Lipinski definition) is 2. The van der Waals surface area contributed by atoms with E-state index >= 15 is 0 Å². The zero-order valence-corrected chi connectivity index (χ0v) is 13.2. The third kappa shape index (κ3) is 3.13. The molecule has 1 aromatic heterocycles. The second-order valence-corrected chi connectivity index (χ2v) is 5.74. The van der Waals surface area contributed by atoms with Crippen LogP contribution >= 0.6 is 22.6 Å². The molecular formula is C16H12IN3O. The van der Waals surface area contributed by atoms with E-state index < -0.39 is 0 Å². The van der Waals surface area contributed by atoms with Gasteiger partial charge in [0, 0.05) is 31.8 Å². The average Bonchev–Trinajstić information content (AvgIpc) is 2.91. The van der Waals surface area contributed by atoms with Gasteiger partial charge in [-0.2, -0.15) is 5.10 Å². The Morgan fingerprint density at radius 3 is 2.71 bits per heavy atom. The van der Waals surface area contributed by atoms with Gasteiger partial charge in [-0.25, -0.2) is 5.43 Å². The number of nitrogens with zero attached hydrogens (tertiary/aromatic N) is 1. The Morgan fingerprint density at radius 2 is 1.90 bits per heavy atom. The van der Waals surface area contributed by atoms with Gasteiger partial charge in [-0.1, -0.05) is 18.2 Å². The number of aromatic nitrogens is 1. The summed E-state index contributed by atoms with van der Waals surface area (Å²) in [5.41, 5.74) is 5.11. The normalized spacial score (nSPS) is 11.1. The van der Waals surface area contributed by atoms with Crippen LogP contribution in [0.25, 0.3) is 10.9 Å². The number of benzene rings is 2. The Balaban J connectivity index is 1.72. The molecule has 3 aromatic rings. The number of nitrogens with one attached hydrogen (secondary N) is 2. The van der Waals surface area contributed by atoms with Crippen molar-refractivity contribution in [2.24, 2.45) is 5.10 Å². The standard InChI is InChI=1S/C16H12IN3O/c17-13-7-5-11(6-8-13)16(21)20-19-10-12-9-18-15-4-2-1-3-14(12)15/h1-10,18H,(H,20,21)/b19-10-. The number of H-pyrrole nitrogens is 1. The van der Waals surface area contributed by atoms with E-state index in [1.54, 1.807) is 18.3 Å². The molecule has 2 N–H and O–H groups in total. The molecule has 4 nitrogen and oxygen atoms in total. The summed E-state index contributed by atoms with van der Waals surface area (Å²) >= 11 is 2.20. The molecule has 0 aliphatic rings. The van der Waals surface area contributed by atoms with Crippen molar-refractivity contribution in [1.29, 1.82) is 0 Å². The van der Waals surface area contributed by atoms with Crippen LogP contribution < -0.4 is 5.43 Å². The molecule has 0 atom stereocenters. The minimum atomic E-state index is -0.220. The Bertz CT molecular complexity index is 806. The second-order valence-electron chi connectivity index (χ2n) is 4.50. The first-order chi connectivity index (χ1) is 10.2. The smallest absolute Gasteiger partial charge is 0.271 e. The van der Waals surface area contributed by atoms with Crippen molar-refractivity contribution in [2.75, 3.05) is 0 Å².